The standard InChI is InChI=1S/C13H17NO4/c1-16-11-4-2-10(3-5-11)9-18-13(15)12-8-14-6-7-17-12/h2-5,12,14H,6-9H2,1H3. The minimum Gasteiger partial charge on any atom is -0.497 e. The molecule has 18 heavy (non-hydrogen) atoms. The molecule has 5 heteroatoms. The number of nitrogens with one attached hydrogen (secondary N) is 1. The van der Waals surface area contributed by atoms with Crippen molar-refractivity contribution in [2.24, 2.45) is 0 Å². The molecule has 2 rings (SSSR count). The van der Waals surface area contributed by atoms with E-state index in [2.05, 4.69) is 5.32 Å². The lowest BCUT2D eigenvalue weighted by Crippen LogP contribution is -2.43. The summed E-state index contributed by atoms with van der Waals surface area (Å²) in [5.74, 6) is 0.461. The van der Waals surface area contributed by atoms with Crippen LogP contribution in [0, 0.1) is 0 Å². The smallest absolute Gasteiger partial charge is 0.336 e. The van der Waals surface area contributed by atoms with E-state index in [0.717, 1.165) is 17.9 Å². The van der Waals surface area contributed by atoms with Crippen molar-refractivity contribution < 1.29 is 19.0 Å². The van der Waals surface area contributed by atoms with Gasteiger partial charge in [-0.15, -0.1) is 0 Å². The van der Waals surface area contributed by atoms with E-state index < -0.39 is 6.10 Å². The van der Waals surface area contributed by atoms with Crippen LogP contribution in [-0.4, -0.2) is 38.9 Å². The van der Waals surface area contributed by atoms with Crippen LogP contribution in [0.1, 0.15) is 5.56 Å². The van der Waals surface area contributed by atoms with Crippen molar-refractivity contribution in [1.29, 1.82) is 0 Å². The summed E-state index contributed by atoms with van der Waals surface area (Å²) in [6.07, 6.45) is -0.489. The minimum atomic E-state index is -0.489. The molecular formula is C13H17NO4. The fraction of sp³-hybridized carbons (Fsp3) is 0.462. The third-order valence-corrected chi connectivity index (χ3v) is 2.73. The quantitative estimate of drug-likeness (QED) is 0.799. The van der Waals surface area contributed by atoms with Crippen molar-refractivity contribution in [1.82, 2.24) is 5.32 Å². The first-order valence-electron chi connectivity index (χ1n) is 5.91. The maximum atomic E-state index is 11.7. The van der Waals surface area contributed by atoms with Crippen molar-refractivity contribution in [2.75, 3.05) is 26.8 Å². The van der Waals surface area contributed by atoms with E-state index >= 15 is 0 Å². The number of ether oxygens (including phenoxy) is 3. The monoisotopic (exact) mass is 251 g/mol. The van der Waals surface area contributed by atoms with E-state index in [1.54, 1.807) is 7.11 Å². The lowest BCUT2D eigenvalue weighted by molar-refractivity contribution is -0.160. The average Bonchev–Trinajstić information content (AvgIpc) is 2.46. The first kappa shape index (κ1) is 12.9. The molecule has 0 aliphatic carbocycles. The molecule has 1 atom stereocenters. The number of methoxy groups -OCH3 is 1. The summed E-state index contributed by atoms with van der Waals surface area (Å²) in [5, 5.41) is 3.09. The predicted molar refractivity (Wildman–Crippen MR) is 65.4 cm³/mol. The van der Waals surface area contributed by atoms with E-state index in [1.165, 1.54) is 0 Å². The number of carbonyl (C=O) groups is 1. The Morgan fingerprint density at radius 1 is 1.44 bits per heavy atom. The molecule has 0 bridgehead atoms. The second-order valence-corrected chi connectivity index (χ2v) is 4.02. The number of morpholine rings is 1. The summed E-state index contributed by atoms with van der Waals surface area (Å²) in [5.41, 5.74) is 0.924. The van der Waals surface area contributed by atoms with Gasteiger partial charge < -0.3 is 19.5 Å². The van der Waals surface area contributed by atoms with Crippen molar-refractivity contribution in [3.05, 3.63) is 29.8 Å². The van der Waals surface area contributed by atoms with Crippen molar-refractivity contribution in [3.63, 3.8) is 0 Å². The van der Waals surface area contributed by atoms with Crippen molar-refractivity contribution >= 4 is 5.97 Å². The highest BCUT2D eigenvalue weighted by Gasteiger charge is 2.23. The van der Waals surface area contributed by atoms with Crippen LogP contribution in [0.5, 0.6) is 5.75 Å². The summed E-state index contributed by atoms with van der Waals surface area (Å²) < 4.78 is 15.6. The second-order valence-electron chi connectivity index (χ2n) is 4.02. The van der Waals surface area contributed by atoms with Gasteiger partial charge in [-0.1, -0.05) is 12.1 Å². The molecule has 1 aromatic rings. The van der Waals surface area contributed by atoms with E-state index in [1.807, 2.05) is 24.3 Å². The number of hydrogen-bond donors (Lipinski definition) is 1. The van der Waals surface area contributed by atoms with E-state index in [0.29, 0.717) is 13.2 Å². The average molecular weight is 251 g/mol. The molecule has 1 aliphatic heterocycles. The highest BCUT2D eigenvalue weighted by Crippen LogP contribution is 2.12. The Kier molecular flexibility index (Phi) is 4.55. The summed E-state index contributed by atoms with van der Waals surface area (Å²) in [7, 11) is 1.61. The fourth-order valence-electron chi connectivity index (χ4n) is 1.69. The van der Waals surface area contributed by atoms with Gasteiger partial charge in [-0.3, -0.25) is 0 Å². The summed E-state index contributed by atoms with van der Waals surface area (Å²) in [4.78, 5) is 11.7. The topological polar surface area (TPSA) is 56.8 Å². The van der Waals surface area contributed by atoms with Gasteiger partial charge in [0.25, 0.3) is 0 Å². The van der Waals surface area contributed by atoms with Crippen LogP contribution < -0.4 is 10.1 Å². The van der Waals surface area contributed by atoms with E-state index in [4.69, 9.17) is 14.2 Å². The van der Waals surface area contributed by atoms with Gasteiger partial charge in [0.1, 0.15) is 12.4 Å². The Morgan fingerprint density at radius 3 is 2.83 bits per heavy atom. The van der Waals surface area contributed by atoms with Crippen molar-refractivity contribution in [2.45, 2.75) is 12.7 Å². The second kappa shape index (κ2) is 6.37. The summed E-state index contributed by atoms with van der Waals surface area (Å²) in [6, 6.07) is 7.40. The molecule has 1 aliphatic rings. The fourth-order valence-corrected chi connectivity index (χ4v) is 1.69. The van der Waals surface area contributed by atoms with Crippen LogP contribution in [0.2, 0.25) is 0 Å². The molecular weight excluding hydrogens is 234 g/mol. The lowest BCUT2D eigenvalue weighted by atomic mass is 10.2. The normalized spacial score (nSPS) is 19.3. The lowest BCUT2D eigenvalue weighted by Gasteiger charge is -2.21. The maximum Gasteiger partial charge on any atom is 0.336 e. The Balaban J connectivity index is 1.80. The summed E-state index contributed by atoms with van der Waals surface area (Å²) >= 11 is 0. The zero-order valence-corrected chi connectivity index (χ0v) is 10.3. The third kappa shape index (κ3) is 3.45. The van der Waals surface area contributed by atoms with E-state index in [9.17, 15) is 4.79 Å². The van der Waals surface area contributed by atoms with Gasteiger partial charge in [0.05, 0.1) is 13.7 Å². The largest absolute Gasteiger partial charge is 0.497 e. The van der Waals surface area contributed by atoms with Gasteiger partial charge >= 0.3 is 5.97 Å². The first-order valence-corrected chi connectivity index (χ1v) is 5.91. The number of esters is 1. The number of benzene rings is 1. The molecule has 1 heterocycles. The van der Waals surface area contributed by atoms with Crippen LogP contribution in [0.25, 0.3) is 0 Å². The highest BCUT2D eigenvalue weighted by molar-refractivity contribution is 5.75. The van der Waals surface area contributed by atoms with Gasteiger partial charge in [0, 0.05) is 13.1 Å². The third-order valence-electron chi connectivity index (χ3n) is 2.73. The zero-order valence-electron chi connectivity index (χ0n) is 10.3. The molecule has 98 valence electrons. The van der Waals surface area contributed by atoms with Crippen LogP contribution in [0.4, 0.5) is 0 Å². The van der Waals surface area contributed by atoms with Gasteiger partial charge in [-0.25, -0.2) is 4.79 Å². The molecule has 1 fully saturated rings. The van der Waals surface area contributed by atoms with Crippen LogP contribution >= 0.6 is 0 Å². The van der Waals surface area contributed by atoms with Gasteiger partial charge in [0.15, 0.2) is 6.10 Å². The maximum absolute atomic E-state index is 11.7. The molecule has 0 radical (unpaired) electrons. The zero-order chi connectivity index (χ0) is 12.8. The molecule has 1 N–H and O–H groups in total. The number of carbonyl (C=O) groups excluding carboxylic acids is 1. The Bertz CT molecular complexity index is 384. The predicted octanol–water partition coefficient (Wildman–Crippen LogP) is 0.727. The molecule has 1 saturated heterocycles. The van der Waals surface area contributed by atoms with Crippen LogP contribution in [-0.2, 0) is 20.9 Å². The van der Waals surface area contributed by atoms with Crippen LogP contribution in [0.3, 0.4) is 0 Å². The van der Waals surface area contributed by atoms with Crippen LogP contribution in [0.15, 0.2) is 24.3 Å². The number of hydrogen-bond acceptors (Lipinski definition) is 5. The van der Waals surface area contributed by atoms with Crippen molar-refractivity contribution in [3.8, 4) is 5.75 Å². The molecule has 0 saturated carbocycles. The molecule has 1 aromatic carbocycles. The molecule has 0 spiro atoms. The molecule has 0 aromatic heterocycles. The highest BCUT2D eigenvalue weighted by atomic mass is 16.6. The van der Waals surface area contributed by atoms with Gasteiger partial charge in [0.2, 0.25) is 0 Å². The summed E-state index contributed by atoms with van der Waals surface area (Å²) in [6.45, 7) is 2.09. The van der Waals surface area contributed by atoms with E-state index in [-0.39, 0.29) is 12.6 Å². The van der Waals surface area contributed by atoms with Gasteiger partial charge in [-0.05, 0) is 17.7 Å². The Morgan fingerprint density at radius 2 is 2.22 bits per heavy atom. The minimum absolute atomic E-state index is 0.253. The molecule has 0 amide bonds. The Hall–Kier alpha value is -1.59. The SMILES string of the molecule is COc1ccc(COC(=O)C2CNCCO2)cc1. The first-order chi connectivity index (χ1) is 8.79. The molecule has 1 unspecified atom stereocenters. The Labute approximate surface area is 106 Å². The molecule has 5 nitrogen and oxygen atoms in total. The van der Waals surface area contributed by atoms with Gasteiger partial charge in [-0.2, -0.15) is 0 Å². The number of rotatable bonds is 4.